The molecule has 1 atom stereocenters. The molecule has 0 aliphatic carbocycles. The molecule has 1 fully saturated rings. The molecule has 5 nitrogen and oxygen atoms in total. The third-order valence-corrected chi connectivity index (χ3v) is 5.96. The first-order chi connectivity index (χ1) is 15.3. The molecule has 1 aliphatic heterocycles. The average molecular weight is 448 g/mol. The van der Waals surface area contributed by atoms with E-state index in [2.05, 4.69) is 86.8 Å². The second-order valence-electron chi connectivity index (χ2n) is 7.90. The Hall–Kier alpha value is -2.75. The van der Waals surface area contributed by atoms with Crippen LogP contribution in [0.5, 0.6) is 0 Å². The van der Waals surface area contributed by atoms with Crippen molar-refractivity contribution < 1.29 is 0 Å². The zero-order valence-corrected chi connectivity index (χ0v) is 19.0. The maximum atomic E-state index is 9.68. The van der Waals surface area contributed by atoms with Gasteiger partial charge in [-0.3, -0.25) is 14.8 Å². The molecule has 3 aromatic rings. The maximum absolute atomic E-state index is 9.68. The fourth-order valence-electron chi connectivity index (χ4n) is 4.24. The van der Waals surface area contributed by atoms with E-state index in [1.165, 1.54) is 11.1 Å². The van der Waals surface area contributed by atoms with Crippen LogP contribution in [0.25, 0.3) is 0 Å². The molecule has 32 heavy (non-hydrogen) atoms. The number of aromatic nitrogens is 1. The van der Waals surface area contributed by atoms with Crippen molar-refractivity contribution in [3.05, 3.63) is 102 Å². The lowest BCUT2D eigenvalue weighted by Crippen LogP contribution is -2.49. The third kappa shape index (κ3) is 6.15. The minimum Gasteiger partial charge on any atom is -0.305 e. The van der Waals surface area contributed by atoms with Crippen molar-refractivity contribution in [2.24, 2.45) is 0 Å². The van der Waals surface area contributed by atoms with Crippen molar-refractivity contribution >= 4 is 12.4 Å². The fourth-order valence-corrected chi connectivity index (χ4v) is 4.24. The van der Waals surface area contributed by atoms with E-state index in [9.17, 15) is 5.26 Å². The summed E-state index contributed by atoms with van der Waals surface area (Å²) >= 11 is 0. The Morgan fingerprint density at radius 1 is 0.812 bits per heavy atom. The molecule has 0 radical (unpaired) electrons. The van der Waals surface area contributed by atoms with Gasteiger partial charge in [-0.1, -0.05) is 60.7 Å². The number of piperazine rings is 1. The van der Waals surface area contributed by atoms with Crippen LogP contribution in [-0.4, -0.2) is 54.1 Å². The van der Waals surface area contributed by atoms with Gasteiger partial charge in [-0.2, -0.15) is 5.26 Å². The molecular formula is C26H30ClN5. The molecule has 0 amide bonds. The summed E-state index contributed by atoms with van der Waals surface area (Å²) in [5, 5.41) is 13.4. The average Bonchev–Trinajstić information content (AvgIpc) is 2.85. The summed E-state index contributed by atoms with van der Waals surface area (Å²) in [6.07, 6.45) is 3.52. The van der Waals surface area contributed by atoms with Crippen LogP contribution in [0.15, 0.2) is 85.2 Å². The molecule has 0 bridgehead atoms. The maximum Gasteiger partial charge on any atom is 0.124 e. The summed E-state index contributed by atoms with van der Waals surface area (Å²) in [6.45, 7) is 5.68. The second-order valence-corrected chi connectivity index (χ2v) is 7.90. The van der Waals surface area contributed by atoms with Gasteiger partial charge < -0.3 is 5.32 Å². The largest absolute Gasteiger partial charge is 0.305 e. The molecular weight excluding hydrogens is 418 g/mol. The fraction of sp³-hybridized carbons (Fsp3) is 0.308. The highest BCUT2D eigenvalue weighted by Gasteiger charge is 2.25. The van der Waals surface area contributed by atoms with Crippen molar-refractivity contribution in [3.8, 4) is 6.07 Å². The summed E-state index contributed by atoms with van der Waals surface area (Å²) in [6, 6.07) is 27.6. The first-order valence-electron chi connectivity index (χ1n) is 10.9. The van der Waals surface area contributed by atoms with Gasteiger partial charge in [-0.25, -0.2) is 0 Å². The van der Waals surface area contributed by atoms with Gasteiger partial charge >= 0.3 is 0 Å². The topological polar surface area (TPSA) is 55.2 Å². The van der Waals surface area contributed by atoms with E-state index < -0.39 is 0 Å². The molecule has 0 saturated carbocycles. The smallest absolute Gasteiger partial charge is 0.124 e. The van der Waals surface area contributed by atoms with Crippen molar-refractivity contribution in [2.75, 3.05) is 39.3 Å². The van der Waals surface area contributed by atoms with Gasteiger partial charge in [0.1, 0.15) is 6.04 Å². The van der Waals surface area contributed by atoms with Gasteiger partial charge in [0.2, 0.25) is 0 Å². The monoisotopic (exact) mass is 447 g/mol. The SMILES string of the molecule is Cl.N#CC(c1ccncc1)N1CCN(CCNC(c2ccccc2)c2ccccc2)CC1. The highest BCUT2D eigenvalue weighted by Crippen LogP contribution is 2.22. The van der Waals surface area contributed by atoms with Crippen LogP contribution in [0, 0.1) is 11.3 Å². The zero-order chi connectivity index (χ0) is 21.3. The van der Waals surface area contributed by atoms with E-state index in [-0.39, 0.29) is 24.5 Å². The number of nitrogens with one attached hydrogen (secondary N) is 1. The molecule has 2 heterocycles. The molecule has 1 aromatic heterocycles. The summed E-state index contributed by atoms with van der Waals surface area (Å²) in [5.41, 5.74) is 3.60. The third-order valence-electron chi connectivity index (χ3n) is 5.96. The lowest BCUT2D eigenvalue weighted by Gasteiger charge is -2.37. The van der Waals surface area contributed by atoms with Crippen LogP contribution in [0.1, 0.15) is 28.8 Å². The van der Waals surface area contributed by atoms with Gasteiger partial charge in [0.05, 0.1) is 12.1 Å². The number of benzene rings is 2. The first kappa shape index (κ1) is 23.9. The van der Waals surface area contributed by atoms with E-state index >= 15 is 0 Å². The number of nitriles is 1. The summed E-state index contributed by atoms with van der Waals surface area (Å²) in [5.74, 6) is 0. The summed E-state index contributed by atoms with van der Waals surface area (Å²) in [7, 11) is 0. The van der Waals surface area contributed by atoms with Crippen LogP contribution in [0.3, 0.4) is 0 Å². The lowest BCUT2D eigenvalue weighted by atomic mass is 9.99. The summed E-state index contributed by atoms with van der Waals surface area (Å²) < 4.78 is 0. The molecule has 6 heteroatoms. The Morgan fingerprint density at radius 2 is 1.38 bits per heavy atom. The van der Waals surface area contributed by atoms with E-state index in [4.69, 9.17) is 0 Å². The van der Waals surface area contributed by atoms with Crippen LogP contribution in [0.2, 0.25) is 0 Å². The van der Waals surface area contributed by atoms with E-state index in [1.807, 2.05) is 12.1 Å². The van der Waals surface area contributed by atoms with E-state index in [1.54, 1.807) is 12.4 Å². The first-order valence-corrected chi connectivity index (χ1v) is 10.9. The van der Waals surface area contributed by atoms with Gasteiger partial charge in [-0.15, -0.1) is 12.4 Å². The Labute approximate surface area is 197 Å². The zero-order valence-electron chi connectivity index (χ0n) is 18.2. The lowest BCUT2D eigenvalue weighted by molar-refractivity contribution is 0.114. The number of hydrogen-bond donors (Lipinski definition) is 1. The van der Waals surface area contributed by atoms with E-state index in [0.29, 0.717) is 0 Å². The number of halogens is 1. The molecule has 1 N–H and O–H groups in total. The highest BCUT2D eigenvalue weighted by atomic mass is 35.5. The van der Waals surface area contributed by atoms with Crippen molar-refractivity contribution in [2.45, 2.75) is 12.1 Å². The Balaban J connectivity index is 0.00000289. The molecule has 166 valence electrons. The number of rotatable bonds is 8. The predicted octanol–water partition coefficient (Wildman–Crippen LogP) is 4.06. The quantitative estimate of drug-likeness (QED) is 0.564. The van der Waals surface area contributed by atoms with Crippen molar-refractivity contribution in [1.29, 1.82) is 5.26 Å². The summed E-state index contributed by atoms with van der Waals surface area (Å²) in [4.78, 5) is 8.83. The molecule has 4 rings (SSSR count). The molecule has 1 aliphatic rings. The number of nitrogens with zero attached hydrogens (tertiary/aromatic N) is 4. The Kier molecular flexibility index (Phi) is 9.21. The van der Waals surface area contributed by atoms with Gasteiger partial charge in [0, 0.05) is 51.7 Å². The van der Waals surface area contributed by atoms with Crippen LogP contribution in [0.4, 0.5) is 0 Å². The van der Waals surface area contributed by atoms with Crippen LogP contribution >= 0.6 is 12.4 Å². The number of hydrogen-bond acceptors (Lipinski definition) is 5. The number of pyridine rings is 1. The van der Waals surface area contributed by atoms with Gasteiger partial charge in [-0.05, 0) is 28.8 Å². The van der Waals surface area contributed by atoms with Gasteiger partial charge in [0.15, 0.2) is 0 Å². The molecule has 1 unspecified atom stereocenters. The van der Waals surface area contributed by atoms with Crippen molar-refractivity contribution in [1.82, 2.24) is 20.1 Å². The Morgan fingerprint density at radius 3 is 1.91 bits per heavy atom. The normalized spacial score (nSPS) is 15.6. The van der Waals surface area contributed by atoms with E-state index in [0.717, 1.165) is 44.8 Å². The van der Waals surface area contributed by atoms with Crippen LogP contribution in [-0.2, 0) is 0 Å². The highest BCUT2D eigenvalue weighted by molar-refractivity contribution is 5.85. The predicted molar refractivity (Wildman–Crippen MR) is 131 cm³/mol. The van der Waals surface area contributed by atoms with Crippen molar-refractivity contribution in [3.63, 3.8) is 0 Å². The van der Waals surface area contributed by atoms with Crippen LogP contribution < -0.4 is 5.32 Å². The second kappa shape index (κ2) is 12.3. The Bertz CT molecular complexity index is 914. The minimum atomic E-state index is -0.191. The minimum absolute atomic E-state index is 0. The molecule has 1 saturated heterocycles. The molecule has 0 spiro atoms. The van der Waals surface area contributed by atoms with Gasteiger partial charge in [0.25, 0.3) is 0 Å². The standard InChI is InChI=1S/C26H29N5.ClH/c27-21-25(22-11-13-28-14-12-22)31-19-17-30(18-20-31)16-15-29-26(23-7-3-1-4-8-23)24-9-5-2-6-10-24;/h1-14,25-26,29H,15-20H2;1H. The molecule has 2 aromatic carbocycles.